The largest absolute Gasteiger partial charge is 0.381 e. The topological polar surface area (TPSA) is 32.8 Å². The van der Waals surface area contributed by atoms with Gasteiger partial charge >= 0.3 is 0 Å². The summed E-state index contributed by atoms with van der Waals surface area (Å²) in [6.07, 6.45) is 3.35. The van der Waals surface area contributed by atoms with Crippen LogP contribution >= 0.6 is 11.3 Å². The molecule has 2 aliphatic heterocycles. The van der Waals surface area contributed by atoms with E-state index < -0.39 is 0 Å². The summed E-state index contributed by atoms with van der Waals surface area (Å²) in [4.78, 5) is 17.0. The highest BCUT2D eigenvalue weighted by molar-refractivity contribution is 7.08. The molecule has 0 spiro atoms. The Morgan fingerprint density at radius 2 is 2.05 bits per heavy atom. The van der Waals surface area contributed by atoms with Gasteiger partial charge in [0.05, 0.1) is 5.56 Å². The zero-order valence-corrected chi connectivity index (χ0v) is 12.6. The van der Waals surface area contributed by atoms with Gasteiger partial charge in [0.1, 0.15) is 0 Å². The molecule has 0 N–H and O–H groups in total. The third-order valence-corrected chi connectivity index (χ3v) is 4.98. The van der Waals surface area contributed by atoms with E-state index in [-0.39, 0.29) is 5.91 Å². The Bertz CT molecular complexity index is 429. The van der Waals surface area contributed by atoms with Crippen LogP contribution in [0.3, 0.4) is 0 Å². The fourth-order valence-electron chi connectivity index (χ4n) is 3.12. The van der Waals surface area contributed by atoms with Gasteiger partial charge in [0, 0.05) is 50.8 Å². The predicted molar refractivity (Wildman–Crippen MR) is 80.3 cm³/mol. The lowest BCUT2D eigenvalue weighted by Crippen LogP contribution is -2.42. The Labute approximate surface area is 124 Å². The number of rotatable bonds is 2. The number of nitrogens with zero attached hydrogens (tertiary/aromatic N) is 2. The maximum Gasteiger partial charge on any atom is 0.254 e. The monoisotopic (exact) mass is 294 g/mol. The van der Waals surface area contributed by atoms with Crippen LogP contribution in [-0.2, 0) is 4.74 Å². The van der Waals surface area contributed by atoms with Crippen LogP contribution in [-0.4, -0.2) is 61.1 Å². The quantitative estimate of drug-likeness (QED) is 0.837. The molecule has 4 nitrogen and oxygen atoms in total. The van der Waals surface area contributed by atoms with Gasteiger partial charge in [-0.25, -0.2) is 0 Å². The van der Waals surface area contributed by atoms with E-state index in [9.17, 15) is 4.79 Å². The summed E-state index contributed by atoms with van der Waals surface area (Å²) >= 11 is 1.59. The second kappa shape index (κ2) is 6.70. The number of carbonyl (C=O) groups excluding carboxylic acids is 1. The lowest BCUT2D eigenvalue weighted by Gasteiger charge is -2.33. The molecular weight excluding hydrogens is 272 g/mol. The standard InChI is InChI=1S/C15H22N2O2S/c18-15(13-4-11-20-12-13)17-6-1-5-16(7-8-17)14-2-9-19-10-3-14/h4,11-12,14H,1-3,5-10H2. The molecular formula is C15H22N2O2S. The van der Waals surface area contributed by atoms with Gasteiger partial charge in [0.25, 0.3) is 5.91 Å². The van der Waals surface area contributed by atoms with Crippen LogP contribution in [0.2, 0.25) is 0 Å². The lowest BCUT2D eigenvalue weighted by molar-refractivity contribution is 0.0351. The van der Waals surface area contributed by atoms with Crippen molar-refractivity contribution in [2.75, 3.05) is 39.4 Å². The second-order valence-electron chi connectivity index (χ2n) is 5.54. The molecule has 3 heterocycles. The van der Waals surface area contributed by atoms with E-state index in [2.05, 4.69) is 4.90 Å². The molecule has 0 radical (unpaired) electrons. The number of hydrogen-bond acceptors (Lipinski definition) is 4. The van der Waals surface area contributed by atoms with E-state index in [0.29, 0.717) is 6.04 Å². The van der Waals surface area contributed by atoms with Gasteiger partial charge in [0.2, 0.25) is 0 Å². The van der Waals surface area contributed by atoms with Gasteiger partial charge in [-0.2, -0.15) is 11.3 Å². The van der Waals surface area contributed by atoms with E-state index in [1.807, 2.05) is 21.7 Å². The molecule has 2 fully saturated rings. The fraction of sp³-hybridized carbons (Fsp3) is 0.667. The average molecular weight is 294 g/mol. The van der Waals surface area contributed by atoms with E-state index >= 15 is 0 Å². The van der Waals surface area contributed by atoms with Crippen molar-refractivity contribution in [2.24, 2.45) is 0 Å². The van der Waals surface area contributed by atoms with Crippen molar-refractivity contribution < 1.29 is 9.53 Å². The fourth-order valence-corrected chi connectivity index (χ4v) is 3.75. The molecule has 0 aromatic carbocycles. The molecule has 2 saturated heterocycles. The van der Waals surface area contributed by atoms with E-state index in [1.165, 1.54) is 0 Å². The number of carbonyl (C=O) groups is 1. The Morgan fingerprint density at radius 3 is 2.80 bits per heavy atom. The van der Waals surface area contributed by atoms with E-state index in [4.69, 9.17) is 4.74 Å². The van der Waals surface area contributed by atoms with Crippen LogP contribution in [0.25, 0.3) is 0 Å². The molecule has 2 aliphatic rings. The maximum atomic E-state index is 12.4. The van der Waals surface area contributed by atoms with Gasteiger partial charge in [0.15, 0.2) is 0 Å². The SMILES string of the molecule is O=C(c1ccsc1)N1CCCN(C2CCOCC2)CC1. The van der Waals surface area contributed by atoms with Crippen molar-refractivity contribution in [3.63, 3.8) is 0 Å². The second-order valence-corrected chi connectivity index (χ2v) is 6.32. The van der Waals surface area contributed by atoms with Crippen molar-refractivity contribution in [3.8, 4) is 0 Å². The third kappa shape index (κ3) is 3.22. The molecule has 0 atom stereocenters. The zero-order chi connectivity index (χ0) is 13.8. The van der Waals surface area contributed by atoms with Crippen LogP contribution in [0.5, 0.6) is 0 Å². The molecule has 0 saturated carbocycles. The lowest BCUT2D eigenvalue weighted by atomic mass is 10.1. The zero-order valence-electron chi connectivity index (χ0n) is 11.8. The first-order valence-corrected chi connectivity index (χ1v) is 8.42. The normalized spacial score (nSPS) is 22.7. The molecule has 20 heavy (non-hydrogen) atoms. The first-order chi connectivity index (χ1) is 9.84. The summed E-state index contributed by atoms with van der Waals surface area (Å²) in [6.45, 7) is 5.62. The summed E-state index contributed by atoms with van der Waals surface area (Å²) in [5.74, 6) is 0.195. The van der Waals surface area contributed by atoms with E-state index in [1.54, 1.807) is 11.3 Å². The van der Waals surface area contributed by atoms with Crippen LogP contribution in [0.15, 0.2) is 16.8 Å². The number of ether oxygens (including phenoxy) is 1. The van der Waals surface area contributed by atoms with Crippen LogP contribution in [0, 0.1) is 0 Å². The summed E-state index contributed by atoms with van der Waals surface area (Å²) in [6, 6.07) is 2.58. The summed E-state index contributed by atoms with van der Waals surface area (Å²) in [5, 5.41) is 3.92. The average Bonchev–Trinajstić information content (AvgIpc) is 2.92. The molecule has 1 aromatic rings. The Morgan fingerprint density at radius 1 is 1.20 bits per heavy atom. The van der Waals surface area contributed by atoms with Crippen molar-refractivity contribution >= 4 is 17.2 Å². The Hall–Kier alpha value is -0.910. The minimum Gasteiger partial charge on any atom is -0.381 e. The number of amides is 1. The molecule has 5 heteroatoms. The highest BCUT2D eigenvalue weighted by Crippen LogP contribution is 2.18. The first-order valence-electron chi connectivity index (χ1n) is 7.48. The van der Waals surface area contributed by atoms with Crippen molar-refractivity contribution in [1.82, 2.24) is 9.80 Å². The van der Waals surface area contributed by atoms with Gasteiger partial charge in [-0.05, 0) is 30.7 Å². The minimum atomic E-state index is 0.195. The van der Waals surface area contributed by atoms with Gasteiger partial charge in [-0.15, -0.1) is 0 Å². The first kappa shape index (κ1) is 14.0. The van der Waals surface area contributed by atoms with Crippen LogP contribution in [0.4, 0.5) is 0 Å². The molecule has 110 valence electrons. The predicted octanol–water partition coefficient (Wildman–Crippen LogP) is 2.08. The third-order valence-electron chi connectivity index (χ3n) is 4.29. The molecule has 1 aromatic heterocycles. The Kier molecular flexibility index (Phi) is 4.70. The number of thiophene rings is 1. The molecule has 0 aliphatic carbocycles. The smallest absolute Gasteiger partial charge is 0.254 e. The molecule has 3 rings (SSSR count). The number of hydrogen-bond donors (Lipinski definition) is 0. The minimum absolute atomic E-state index is 0.195. The maximum absolute atomic E-state index is 12.4. The van der Waals surface area contributed by atoms with Crippen molar-refractivity contribution in [1.29, 1.82) is 0 Å². The molecule has 1 amide bonds. The summed E-state index contributed by atoms with van der Waals surface area (Å²) < 4.78 is 5.44. The summed E-state index contributed by atoms with van der Waals surface area (Å²) in [5.41, 5.74) is 0.842. The highest BCUT2D eigenvalue weighted by atomic mass is 32.1. The van der Waals surface area contributed by atoms with Gasteiger partial charge in [-0.1, -0.05) is 0 Å². The Balaban J connectivity index is 1.57. The van der Waals surface area contributed by atoms with E-state index in [0.717, 1.165) is 64.2 Å². The summed E-state index contributed by atoms with van der Waals surface area (Å²) in [7, 11) is 0. The van der Waals surface area contributed by atoms with Gasteiger partial charge in [-0.3, -0.25) is 9.69 Å². The van der Waals surface area contributed by atoms with Crippen molar-refractivity contribution in [2.45, 2.75) is 25.3 Å². The van der Waals surface area contributed by atoms with Crippen LogP contribution in [0.1, 0.15) is 29.6 Å². The van der Waals surface area contributed by atoms with Crippen molar-refractivity contribution in [3.05, 3.63) is 22.4 Å². The van der Waals surface area contributed by atoms with Gasteiger partial charge < -0.3 is 9.64 Å². The van der Waals surface area contributed by atoms with Crippen LogP contribution < -0.4 is 0 Å². The molecule has 0 bridgehead atoms. The highest BCUT2D eigenvalue weighted by Gasteiger charge is 2.25. The molecule has 0 unspecified atom stereocenters.